The van der Waals surface area contributed by atoms with Crippen LogP contribution in [0.1, 0.15) is 5.56 Å². The highest BCUT2D eigenvalue weighted by Gasteiger charge is 2.03. The number of benzene rings is 1. The molecule has 0 saturated carbocycles. The number of aromatic amines is 1. The van der Waals surface area contributed by atoms with Crippen molar-refractivity contribution >= 4 is 5.82 Å². The molecule has 0 radical (unpaired) electrons. The number of anilines is 1. The van der Waals surface area contributed by atoms with E-state index in [4.69, 9.17) is 10.5 Å². The molecule has 0 aliphatic heterocycles. The van der Waals surface area contributed by atoms with Gasteiger partial charge >= 0.3 is 5.69 Å². The monoisotopic (exact) mass is 261 g/mol. The van der Waals surface area contributed by atoms with Gasteiger partial charge in [0, 0.05) is 12.6 Å². The summed E-state index contributed by atoms with van der Waals surface area (Å²) < 4.78 is 6.46. The van der Waals surface area contributed by atoms with E-state index in [0.29, 0.717) is 13.0 Å². The summed E-state index contributed by atoms with van der Waals surface area (Å²) in [5.41, 5.74) is 5.71. The number of hydrogen-bond donors (Lipinski definition) is 2. The van der Waals surface area contributed by atoms with Gasteiger partial charge in [-0.25, -0.2) is 4.79 Å². The summed E-state index contributed by atoms with van der Waals surface area (Å²) in [6.07, 6.45) is 0.618. The van der Waals surface area contributed by atoms with Crippen LogP contribution in [0.2, 0.25) is 0 Å². The zero-order valence-electron chi connectivity index (χ0n) is 10.6. The number of nitrogens with zero attached hydrogens (tertiary/aromatic N) is 1. The maximum Gasteiger partial charge on any atom is 0.329 e. The van der Waals surface area contributed by atoms with Crippen LogP contribution < -0.4 is 21.7 Å². The van der Waals surface area contributed by atoms with E-state index in [-0.39, 0.29) is 5.82 Å². The third kappa shape index (κ3) is 3.04. The molecule has 1 heterocycles. The Balaban J connectivity index is 2.19. The maximum absolute atomic E-state index is 11.6. The van der Waals surface area contributed by atoms with Gasteiger partial charge in [0.2, 0.25) is 0 Å². The molecule has 0 saturated heterocycles. The predicted octanol–water partition coefficient (Wildman–Crippen LogP) is 0.370. The highest BCUT2D eigenvalue weighted by atomic mass is 16.5. The highest BCUT2D eigenvalue weighted by Crippen LogP contribution is 2.13. The lowest BCUT2D eigenvalue weighted by molar-refractivity contribution is 0.414. The molecule has 2 aromatic rings. The smallest absolute Gasteiger partial charge is 0.329 e. The Morgan fingerprint density at radius 3 is 2.79 bits per heavy atom. The molecule has 1 aromatic carbocycles. The van der Waals surface area contributed by atoms with Gasteiger partial charge in [0.1, 0.15) is 11.6 Å². The van der Waals surface area contributed by atoms with Crippen LogP contribution in [0.3, 0.4) is 0 Å². The van der Waals surface area contributed by atoms with Crippen molar-refractivity contribution in [3.8, 4) is 5.75 Å². The number of H-pyrrole nitrogens is 1. The lowest BCUT2D eigenvalue weighted by Crippen LogP contribution is -2.31. The second-order valence-corrected chi connectivity index (χ2v) is 4.12. The SMILES string of the molecule is COc1cccc(CCn2c(N)cc(=O)[nH]c2=O)c1. The first kappa shape index (κ1) is 12.9. The molecule has 0 spiro atoms. The van der Waals surface area contributed by atoms with Crippen LogP contribution >= 0.6 is 0 Å². The van der Waals surface area contributed by atoms with Crippen molar-refractivity contribution in [3.05, 3.63) is 56.7 Å². The van der Waals surface area contributed by atoms with Crippen molar-refractivity contribution in [3.63, 3.8) is 0 Å². The lowest BCUT2D eigenvalue weighted by Gasteiger charge is -2.09. The lowest BCUT2D eigenvalue weighted by atomic mass is 10.1. The van der Waals surface area contributed by atoms with Gasteiger partial charge < -0.3 is 10.5 Å². The summed E-state index contributed by atoms with van der Waals surface area (Å²) in [7, 11) is 1.60. The van der Waals surface area contributed by atoms with Crippen LogP contribution in [-0.4, -0.2) is 16.7 Å². The van der Waals surface area contributed by atoms with Gasteiger partial charge in [-0.2, -0.15) is 0 Å². The molecule has 19 heavy (non-hydrogen) atoms. The first-order valence-corrected chi connectivity index (χ1v) is 5.83. The van der Waals surface area contributed by atoms with E-state index in [1.54, 1.807) is 7.11 Å². The molecule has 0 atom stereocenters. The van der Waals surface area contributed by atoms with Gasteiger partial charge in [-0.15, -0.1) is 0 Å². The largest absolute Gasteiger partial charge is 0.497 e. The predicted molar refractivity (Wildman–Crippen MR) is 72.4 cm³/mol. The Morgan fingerprint density at radius 2 is 2.11 bits per heavy atom. The summed E-state index contributed by atoms with van der Waals surface area (Å²) in [4.78, 5) is 24.8. The average Bonchev–Trinajstić information content (AvgIpc) is 2.37. The van der Waals surface area contributed by atoms with Crippen LogP contribution in [0.15, 0.2) is 39.9 Å². The fourth-order valence-corrected chi connectivity index (χ4v) is 1.84. The molecule has 3 N–H and O–H groups in total. The quantitative estimate of drug-likeness (QED) is 0.832. The van der Waals surface area contributed by atoms with Gasteiger partial charge in [-0.1, -0.05) is 12.1 Å². The molecule has 0 fully saturated rings. The third-order valence-electron chi connectivity index (χ3n) is 2.82. The number of aromatic nitrogens is 2. The molecule has 0 bridgehead atoms. The zero-order chi connectivity index (χ0) is 13.8. The number of nitrogens with two attached hydrogens (primary N) is 1. The highest BCUT2D eigenvalue weighted by molar-refractivity contribution is 5.29. The van der Waals surface area contributed by atoms with E-state index in [9.17, 15) is 9.59 Å². The van der Waals surface area contributed by atoms with Gasteiger partial charge in [-0.3, -0.25) is 14.3 Å². The number of nitrogens with one attached hydrogen (secondary N) is 1. The normalized spacial score (nSPS) is 10.4. The Bertz CT molecular complexity index is 688. The van der Waals surface area contributed by atoms with E-state index in [2.05, 4.69) is 4.98 Å². The van der Waals surface area contributed by atoms with Crippen LogP contribution in [0.25, 0.3) is 0 Å². The molecule has 6 heteroatoms. The average molecular weight is 261 g/mol. The number of aryl methyl sites for hydroxylation is 1. The number of methoxy groups -OCH3 is 1. The fourth-order valence-electron chi connectivity index (χ4n) is 1.84. The standard InChI is InChI=1S/C13H15N3O3/c1-19-10-4-2-3-9(7-10)5-6-16-11(14)8-12(17)15-13(16)18/h2-4,7-8H,5-6,14H2,1H3,(H,15,17,18). The third-order valence-corrected chi connectivity index (χ3v) is 2.82. The minimum absolute atomic E-state index is 0.164. The van der Waals surface area contributed by atoms with Gasteiger partial charge in [0.15, 0.2) is 0 Å². The van der Waals surface area contributed by atoms with Crippen molar-refractivity contribution in [2.24, 2.45) is 0 Å². The molecule has 6 nitrogen and oxygen atoms in total. The number of rotatable bonds is 4. The van der Waals surface area contributed by atoms with E-state index >= 15 is 0 Å². The minimum atomic E-state index is -0.493. The van der Waals surface area contributed by atoms with E-state index < -0.39 is 11.2 Å². The minimum Gasteiger partial charge on any atom is -0.497 e. The summed E-state index contributed by atoms with van der Waals surface area (Å²) in [6.45, 7) is 0.397. The number of nitrogen functional groups attached to an aromatic ring is 1. The molecule has 0 aliphatic rings. The Kier molecular flexibility index (Phi) is 3.70. The van der Waals surface area contributed by atoms with Crippen molar-refractivity contribution < 1.29 is 4.74 Å². The van der Waals surface area contributed by atoms with Crippen molar-refractivity contribution in [1.82, 2.24) is 9.55 Å². The molecule has 2 rings (SSSR count). The van der Waals surface area contributed by atoms with Gasteiger partial charge in [0.05, 0.1) is 7.11 Å². The van der Waals surface area contributed by atoms with Crippen molar-refractivity contribution in [2.45, 2.75) is 13.0 Å². The van der Waals surface area contributed by atoms with Crippen LogP contribution in [0, 0.1) is 0 Å². The summed E-state index contributed by atoms with van der Waals surface area (Å²) in [6, 6.07) is 8.77. The molecule has 0 unspecified atom stereocenters. The van der Waals surface area contributed by atoms with E-state index in [1.165, 1.54) is 10.6 Å². The Labute approximate surface area is 109 Å². The molecule has 1 aromatic heterocycles. The summed E-state index contributed by atoms with van der Waals surface area (Å²) >= 11 is 0. The number of hydrogen-bond acceptors (Lipinski definition) is 4. The summed E-state index contributed by atoms with van der Waals surface area (Å²) in [5, 5.41) is 0. The first-order valence-electron chi connectivity index (χ1n) is 5.83. The van der Waals surface area contributed by atoms with Gasteiger partial charge in [-0.05, 0) is 24.1 Å². The topological polar surface area (TPSA) is 90.1 Å². The van der Waals surface area contributed by atoms with Gasteiger partial charge in [0.25, 0.3) is 5.56 Å². The second kappa shape index (κ2) is 5.43. The molecule has 100 valence electrons. The van der Waals surface area contributed by atoms with E-state index in [1.807, 2.05) is 24.3 Å². The Hall–Kier alpha value is -2.50. The van der Waals surface area contributed by atoms with Crippen LogP contribution in [0.5, 0.6) is 5.75 Å². The molecular formula is C13H15N3O3. The second-order valence-electron chi connectivity index (χ2n) is 4.12. The van der Waals surface area contributed by atoms with Crippen LogP contribution in [0.4, 0.5) is 5.82 Å². The fraction of sp³-hybridized carbons (Fsp3) is 0.231. The van der Waals surface area contributed by atoms with Crippen LogP contribution in [-0.2, 0) is 13.0 Å². The first-order chi connectivity index (χ1) is 9.10. The molecule has 0 aliphatic carbocycles. The zero-order valence-corrected chi connectivity index (χ0v) is 10.6. The Morgan fingerprint density at radius 1 is 1.32 bits per heavy atom. The molecular weight excluding hydrogens is 246 g/mol. The van der Waals surface area contributed by atoms with Crippen molar-refractivity contribution in [2.75, 3.05) is 12.8 Å². The number of ether oxygens (including phenoxy) is 1. The maximum atomic E-state index is 11.6. The molecule has 0 amide bonds. The van der Waals surface area contributed by atoms with E-state index in [0.717, 1.165) is 11.3 Å². The summed E-state index contributed by atoms with van der Waals surface area (Å²) in [5.74, 6) is 0.927. The van der Waals surface area contributed by atoms with Crippen molar-refractivity contribution in [1.29, 1.82) is 0 Å².